The number of nitrogens with zero attached hydrogens (tertiary/aromatic N) is 1. The summed E-state index contributed by atoms with van der Waals surface area (Å²) in [6.07, 6.45) is 0. The summed E-state index contributed by atoms with van der Waals surface area (Å²) in [6.45, 7) is 3.80. The Hall–Kier alpha value is -2.54. The van der Waals surface area contributed by atoms with E-state index in [-0.39, 0.29) is 11.4 Å². The van der Waals surface area contributed by atoms with Crippen LogP contribution in [0, 0.1) is 6.92 Å². The van der Waals surface area contributed by atoms with Gasteiger partial charge in [-0.3, -0.25) is 4.31 Å². The van der Waals surface area contributed by atoms with Crippen molar-refractivity contribution in [3.8, 4) is 5.75 Å². The zero-order chi connectivity index (χ0) is 18.6. The van der Waals surface area contributed by atoms with Crippen LogP contribution in [0.1, 0.15) is 22.8 Å². The molecule has 0 saturated heterocycles. The number of sulfonamides is 1. The van der Waals surface area contributed by atoms with E-state index in [0.717, 1.165) is 5.56 Å². The standard InChI is InChI=1S/C18H21NO5S/c1-5-19(15-8-6-14(7-9-15)18(20)24-4)25(21,22)16-10-11-17(23-3)13(2)12-16/h6-12H,5H2,1-4H3. The first-order valence-electron chi connectivity index (χ1n) is 7.71. The number of anilines is 1. The number of ether oxygens (including phenoxy) is 2. The molecule has 0 heterocycles. The maximum absolute atomic E-state index is 13.0. The van der Waals surface area contributed by atoms with E-state index in [0.29, 0.717) is 17.0 Å². The summed E-state index contributed by atoms with van der Waals surface area (Å²) in [7, 11) is -0.893. The Morgan fingerprint density at radius 2 is 1.72 bits per heavy atom. The van der Waals surface area contributed by atoms with Crippen molar-refractivity contribution in [3.63, 3.8) is 0 Å². The van der Waals surface area contributed by atoms with Gasteiger partial charge in [-0.25, -0.2) is 13.2 Å². The molecule has 0 bridgehead atoms. The summed E-state index contributed by atoms with van der Waals surface area (Å²) in [5.41, 5.74) is 1.57. The predicted molar refractivity (Wildman–Crippen MR) is 95.7 cm³/mol. The van der Waals surface area contributed by atoms with Gasteiger partial charge in [-0.15, -0.1) is 0 Å². The summed E-state index contributed by atoms with van der Waals surface area (Å²) in [5.74, 6) is 0.160. The molecule has 0 fully saturated rings. The minimum Gasteiger partial charge on any atom is -0.496 e. The second-order valence-corrected chi connectivity index (χ2v) is 7.20. The lowest BCUT2D eigenvalue weighted by Crippen LogP contribution is -2.30. The van der Waals surface area contributed by atoms with Crippen molar-refractivity contribution in [1.82, 2.24) is 0 Å². The molecule has 0 atom stereocenters. The number of rotatable bonds is 6. The molecule has 2 aromatic rings. The van der Waals surface area contributed by atoms with Crippen LogP contribution in [0.15, 0.2) is 47.4 Å². The Bertz CT molecular complexity index is 860. The first-order chi connectivity index (χ1) is 11.8. The third-order valence-electron chi connectivity index (χ3n) is 3.82. The van der Waals surface area contributed by atoms with Crippen molar-refractivity contribution in [3.05, 3.63) is 53.6 Å². The fourth-order valence-corrected chi connectivity index (χ4v) is 4.07. The van der Waals surface area contributed by atoms with Crippen molar-refractivity contribution in [2.24, 2.45) is 0 Å². The molecule has 2 rings (SSSR count). The molecule has 0 saturated carbocycles. The van der Waals surface area contributed by atoms with Gasteiger partial charge < -0.3 is 9.47 Å². The first kappa shape index (κ1) is 18.8. The van der Waals surface area contributed by atoms with E-state index < -0.39 is 16.0 Å². The lowest BCUT2D eigenvalue weighted by molar-refractivity contribution is 0.0601. The van der Waals surface area contributed by atoms with Crippen LogP contribution in [0.3, 0.4) is 0 Å². The molecule has 2 aromatic carbocycles. The highest BCUT2D eigenvalue weighted by Crippen LogP contribution is 2.27. The summed E-state index contributed by atoms with van der Waals surface area (Å²) in [5, 5.41) is 0. The molecule has 25 heavy (non-hydrogen) atoms. The molecule has 0 unspecified atom stereocenters. The molecule has 0 aliphatic carbocycles. The van der Waals surface area contributed by atoms with Gasteiger partial charge in [0.2, 0.25) is 0 Å². The fourth-order valence-electron chi connectivity index (χ4n) is 2.51. The fraction of sp³-hybridized carbons (Fsp3) is 0.278. The zero-order valence-electron chi connectivity index (χ0n) is 14.6. The van der Waals surface area contributed by atoms with Gasteiger partial charge in [0.1, 0.15) is 5.75 Å². The molecule has 0 aromatic heterocycles. The van der Waals surface area contributed by atoms with Gasteiger partial charge in [0.15, 0.2) is 0 Å². The smallest absolute Gasteiger partial charge is 0.337 e. The Morgan fingerprint density at radius 3 is 2.20 bits per heavy atom. The summed E-state index contributed by atoms with van der Waals surface area (Å²) in [6, 6.07) is 11.0. The van der Waals surface area contributed by atoms with E-state index in [9.17, 15) is 13.2 Å². The van der Waals surface area contributed by atoms with Crippen LogP contribution < -0.4 is 9.04 Å². The van der Waals surface area contributed by atoms with E-state index in [1.807, 2.05) is 0 Å². The van der Waals surface area contributed by atoms with Crippen LogP contribution in [0.2, 0.25) is 0 Å². The van der Waals surface area contributed by atoms with Crippen LogP contribution in [0.25, 0.3) is 0 Å². The van der Waals surface area contributed by atoms with Crippen LogP contribution in [-0.4, -0.2) is 35.2 Å². The Labute approximate surface area is 148 Å². The van der Waals surface area contributed by atoms with E-state index in [1.165, 1.54) is 24.6 Å². The largest absolute Gasteiger partial charge is 0.496 e. The van der Waals surface area contributed by atoms with Gasteiger partial charge in [-0.2, -0.15) is 0 Å². The number of benzene rings is 2. The number of methoxy groups -OCH3 is 2. The molecular formula is C18H21NO5S. The van der Waals surface area contributed by atoms with Crippen molar-refractivity contribution >= 4 is 21.7 Å². The van der Waals surface area contributed by atoms with Crippen molar-refractivity contribution in [2.45, 2.75) is 18.7 Å². The van der Waals surface area contributed by atoms with E-state index >= 15 is 0 Å². The molecule has 134 valence electrons. The number of hydrogen-bond donors (Lipinski definition) is 0. The molecule has 0 aliphatic heterocycles. The highest BCUT2D eigenvalue weighted by atomic mass is 32.2. The first-order valence-corrected chi connectivity index (χ1v) is 9.15. The van der Waals surface area contributed by atoms with Gasteiger partial charge in [0.25, 0.3) is 10.0 Å². The molecule has 0 radical (unpaired) electrons. The molecule has 0 spiro atoms. The average molecular weight is 363 g/mol. The predicted octanol–water partition coefficient (Wildman–Crippen LogP) is 3.01. The van der Waals surface area contributed by atoms with Gasteiger partial charge >= 0.3 is 5.97 Å². The Kier molecular flexibility index (Phi) is 5.69. The van der Waals surface area contributed by atoms with Gasteiger partial charge in [-0.1, -0.05) is 0 Å². The second-order valence-electron chi connectivity index (χ2n) is 5.34. The molecule has 0 N–H and O–H groups in total. The Balaban J connectivity index is 2.41. The van der Waals surface area contributed by atoms with Crippen molar-refractivity contribution < 1.29 is 22.7 Å². The quantitative estimate of drug-likeness (QED) is 0.738. The van der Waals surface area contributed by atoms with Gasteiger partial charge in [-0.05, 0) is 61.9 Å². The number of aryl methyl sites for hydroxylation is 1. The second kappa shape index (κ2) is 7.57. The lowest BCUT2D eigenvalue weighted by atomic mass is 10.2. The molecule has 6 nitrogen and oxygen atoms in total. The van der Waals surface area contributed by atoms with Crippen LogP contribution in [-0.2, 0) is 14.8 Å². The number of hydrogen-bond acceptors (Lipinski definition) is 5. The average Bonchev–Trinajstić information content (AvgIpc) is 2.62. The topological polar surface area (TPSA) is 72.9 Å². The molecular weight excluding hydrogens is 342 g/mol. The zero-order valence-corrected chi connectivity index (χ0v) is 15.5. The minimum absolute atomic E-state index is 0.185. The summed E-state index contributed by atoms with van der Waals surface area (Å²) >= 11 is 0. The number of esters is 1. The third-order valence-corrected chi connectivity index (χ3v) is 5.72. The van der Waals surface area contributed by atoms with E-state index in [1.54, 1.807) is 50.2 Å². The highest BCUT2D eigenvalue weighted by Gasteiger charge is 2.24. The minimum atomic E-state index is -3.73. The van der Waals surface area contributed by atoms with Crippen molar-refractivity contribution in [2.75, 3.05) is 25.1 Å². The van der Waals surface area contributed by atoms with E-state index in [4.69, 9.17) is 4.74 Å². The maximum atomic E-state index is 13.0. The molecule has 0 aliphatic rings. The number of carbonyl (C=O) groups is 1. The molecule has 7 heteroatoms. The Morgan fingerprint density at radius 1 is 1.08 bits per heavy atom. The number of carbonyl (C=O) groups excluding carboxylic acids is 1. The van der Waals surface area contributed by atoms with Crippen LogP contribution >= 0.6 is 0 Å². The van der Waals surface area contributed by atoms with Crippen molar-refractivity contribution in [1.29, 1.82) is 0 Å². The van der Waals surface area contributed by atoms with E-state index in [2.05, 4.69) is 4.74 Å². The van der Waals surface area contributed by atoms with Crippen LogP contribution in [0.5, 0.6) is 5.75 Å². The van der Waals surface area contributed by atoms with Gasteiger partial charge in [0, 0.05) is 6.54 Å². The third kappa shape index (κ3) is 3.76. The highest BCUT2D eigenvalue weighted by molar-refractivity contribution is 7.92. The van der Waals surface area contributed by atoms with Crippen LogP contribution in [0.4, 0.5) is 5.69 Å². The SMILES string of the molecule is CCN(c1ccc(C(=O)OC)cc1)S(=O)(=O)c1ccc(OC)c(C)c1. The normalized spacial score (nSPS) is 11.0. The van der Waals surface area contributed by atoms with Gasteiger partial charge in [0.05, 0.1) is 30.4 Å². The molecule has 0 amide bonds. The maximum Gasteiger partial charge on any atom is 0.337 e. The monoisotopic (exact) mass is 363 g/mol. The summed E-state index contributed by atoms with van der Waals surface area (Å²) in [4.78, 5) is 11.7. The lowest BCUT2D eigenvalue weighted by Gasteiger charge is -2.23. The summed E-state index contributed by atoms with van der Waals surface area (Å²) < 4.78 is 37.1.